The van der Waals surface area contributed by atoms with Crippen molar-refractivity contribution in [2.24, 2.45) is 11.8 Å². The number of hydrogen-bond donors (Lipinski definition) is 1. The molecule has 4 heteroatoms. The summed E-state index contributed by atoms with van der Waals surface area (Å²) >= 11 is 3.40. The van der Waals surface area contributed by atoms with Gasteiger partial charge >= 0.3 is 0 Å². The average molecular weight is 315 g/mol. The van der Waals surface area contributed by atoms with Gasteiger partial charge in [-0.15, -0.1) is 0 Å². The molecule has 4 atom stereocenters. The summed E-state index contributed by atoms with van der Waals surface area (Å²) in [5.41, 5.74) is 1.02. The summed E-state index contributed by atoms with van der Waals surface area (Å²) in [6.07, 6.45) is -0.0132. The molecule has 1 aliphatic rings. The van der Waals surface area contributed by atoms with Crippen LogP contribution in [0.1, 0.15) is 19.4 Å². The molecule has 0 spiro atoms. The van der Waals surface area contributed by atoms with Gasteiger partial charge in [-0.2, -0.15) is 0 Å². The van der Waals surface area contributed by atoms with Gasteiger partial charge in [0.1, 0.15) is 0 Å². The van der Waals surface area contributed by atoms with Crippen LogP contribution in [-0.2, 0) is 16.1 Å². The van der Waals surface area contributed by atoms with E-state index in [1.807, 2.05) is 37.3 Å². The number of benzene rings is 1. The molecular weight excluding hydrogens is 296 g/mol. The van der Waals surface area contributed by atoms with E-state index in [0.29, 0.717) is 11.9 Å². The summed E-state index contributed by atoms with van der Waals surface area (Å²) in [5.74, 6) is -1.28. The van der Waals surface area contributed by atoms with Gasteiger partial charge in [0, 0.05) is 11.2 Å². The van der Waals surface area contributed by atoms with Gasteiger partial charge in [0.15, 0.2) is 0 Å². The Labute approximate surface area is 116 Å². The monoisotopic (exact) mass is 314 g/mol. The van der Waals surface area contributed by atoms with Gasteiger partial charge in [-0.1, -0.05) is 60.1 Å². The number of ether oxygens (including phenoxy) is 2. The molecule has 0 saturated carbocycles. The number of aliphatic hydroxyl groups is 1. The largest absolute Gasteiger partial charge is 0.343 e. The maximum absolute atomic E-state index is 10.4. The smallest absolute Gasteiger partial charge is 0.284 e. The Kier molecular flexibility index (Phi) is 4.43. The van der Waals surface area contributed by atoms with Crippen LogP contribution in [0.15, 0.2) is 30.3 Å². The zero-order valence-corrected chi connectivity index (χ0v) is 12.3. The van der Waals surface area contributed by atoms with Crippen molar-refractivity contribution >= 4 is 15.9 Å². The third-order valence-corrected chi connectivity index (χ3v) is 4.35. The Balaban J connectivity index is 2.00. The summed E-state index contributed by atoms with van der Waals surface area (Å²) in [4.78, 5) is 0. The fraction of sp³-hybridized carbons (Fsp3) is 0.571. The van der Waals surface area contributed by atoms with Crippen LogP contribution in [0.25, 0.3) is 0 Å². The second-order valence-corrected chi connectivity index (χ2v) is 5.51. The Bertz CT molecular complexity index is 384. The molecule has 1 aliphatic heterocycles. The fourth-order valence-electron chi connectivity index (χ4n) is 2.18. The van der Waals surface area contributed by atoms with E-state index in [4.69, 9.17) is 9.47 Å². The van der Waals surface area contributed by atoms with Crippen molar-refractivity contribution < 1.29 is 14.6 Å². The lowest BCUT2D eigenvalue weighted by Crippen LogP contribution is -2.38. The Morgan fingerprint density at radius 3 is 2.56 bits per heavy atom. The first-order valence-electron chi connectivity index (χ1n) is 6.21. The quantitative estimate of drug-likeness (QED) is 0.686. The predicted octanol–water partition coefficient (Wildman–Crippen LogP) is 2.92. The summed E-state index contributed by atoms with van der Waals surface area (Å²) in [7, 11) is 0. The number of halogens is 1. The van der Waals surface area contributed by atoms with E-state index in [9.17, 15) is 5.11 Å². The van der Waals surface area contributed by atoms with Crippen molar-refractivity contribution in [3.05, 3.63) is 35.9 Å². The standard InChI is InChI=1S/C14H19BrO3/c1-10-11(2)14(16,18-13(10)8-15)17-9-12-6-4-3-5-7-12/h3-7,10-11,13,16H,8-9H2,1-2H3/t10?,11?,13-,14-/m1/s1. The molecule has 1 aromatic carbocycles. The number of hydrogen-bond acceptors (Lipinski definition) is 3. The van der Waals surface area contributed by atoms with Crippen molar-refractivity contribution in [3.63, 3.8) is 0 Å². The maximum atomic E-state index is 10.4. The minimum absolute atomic E-state index is 0.0132. The molecule has 0 aromatic heterocycles. The van der Waals surface area contributed by atoms with Gasteiger partial charge < -0.3 is 14.6 Å². The first kappa shape index (κ1) is 14.0. The average Bonchev–Trinajstić information content (AvgIpc) is 2.63. The van der Waals surface area contributed by atoms with E-state index >= 15 is 0 Å². The van der Waals surface area contributed by atoms with Gasteiger partial charge in [0.05, 0.1) is 12.7 Å². The molecule has 1 N–H and O–H groups in total. The van der Waals surface area contributed by atoms with Crippen LogP contribution in [-0.4, -0.2) is 22.5 Å². The molecule has 1 fully saturated rings. The molecule has 1 aromatic rings. The fourth-order valence-corrected chi connectivity index (χ4v) is 2.91. The van der Waals surface area contributed by atoms with Crippen LogP contribution in [0, 0.1) is 11.8 Å². The Morgan fingerprint density at radius 1 is 1.33 bits per heavy atom. The van der Waals surface area contributed by atoms with Crippen molar-refractivity contribution in [1.82, 2.24) is 0 Å². The predicted molar refractivity (Wildman–Crippen MR) is 73.2 cm³/mol. The Hall–Kier alpha value is -0.420. The highest BCUT2D eigenvalue weighted by molar-refractivity contribution is 9.09. The van der Waals surface area contributed by atoms with E-state index in [2.05, 4.69) is 22.9 Å². The summed E-state index contributed by atoms with van der Waals surface area (Å²) in [6.45, 7) is 4.38. The molecular formula is C14H19BrO3. The second kappa shape index (κ2) is 5.70. The zero-order valence-electron chi connectivity index (χ0n) is 10.7. The van der Waals surface area contributed by atoms with Crippen molar-refractivity contribution in [2.45, 2.75) is 32.5 Å². The molecule has 0 aliphatic carbocycles. The molecule has 0 amide bonds. The van der Waals surface area contributed by atoms with Gasteiger partial charge in [0.2, 0.25) is 0 Å². The molecule has 100 valence electrons. The Morgan fingerprint density at radius 2 is 2.00 bits per heavy atom. The van der Waals surface area contributed by atoms with Crippen LogP contribution >= 0.6 is 15.9 Å². The minimum atomic E-state index is -1.48. The summed E-state index contributed by atoms with van der Waals surface area (Å²) in [5, 5.41) is 11.1. The second-order valence-electron chi connectivity index (χ2n) is 4.86. The van der Waals surface area contributed by atoms with E-state index < -0.39 is 5.97 Å². The van der Waals surface area contributed by atoms with E-state index in [1.165, 1.54) is 0 Å². The van der Waals surface area contributed by atoms with Crippen LogP contribution in [0.2, 0.25) is 0 Å². The van der Waals surface area contributed by atoms with Crippen molar-refractivity contribution in [1.29, 1.82) is 0 Å². The van der Waals surface area contributed by atoms with Gasteiger partial charge in [0.25, 0.3) is 5.97 Å². The van der Waals surface area contributed by atoms with E-state index in [0.717, 1.165) is 5.56 Å². The molecule has 0 bridgehead atoms. The van der Waals surface area contributed by atoms with Crippen LogP contribution in [0.4, 0.5) is 0 Å². The topological polar surface area (TPSA) is 38.7 Å². The highest BCUT2D eigenvalue weighted by Gasteiger charge is 2.50. The molecule has 2 unspecified atom stereocenters. The minimum Gasteiger partial charge on any atom is -0.343 e. The first-order chi connectivity index (χ1) is 8.57. The number of alkyl halides is 1. The SMILES string of the molecule is CC1C(C)[C@@](O)(OCc2ccccc2)O[C@@H]1CBr. The van der Waals surface area contributed by atoms with Gasteiger partial charge in [-0.3, -0.25) is 0 Å². The van der Waals surface area contributed by atoms with E-state index in [1.54, 1.807) is 0 Å². The first-order valence-corrected chi connectivity index (χ1v) is 7.33. The molecule has 2 rings (SSSR count). The summed E-state index contributed by atoms with van der Waals surface area (Å²) in [6, 6.07) is 9.79. The normalized spacial score (nSPS) is 35.9. The third-order valence-electron chi connectivity index (χ3n) is 3.71. The lowest BCUT2D eigenvalue weighted by atomic mass is 9.93. The van der Waals surface area contributed by atoms with Crippen LogP contribution < -0.4 is 0 Å². The molecule has 0 radical (unpaired) electrons. The molecule has 3 nitrogen and oxygen atoms in total. The lowest BCUT2D eigenvalue weighted by Gasteiger charge is -2.27. The molecule has 1 heterocycles. The van der Waals surface area contributed by atoms with Crippen LogP contribution in [0.5, 0.6) is 0 Å². The van der Waals surface area contributed by atoms with Crippen molar-refractivity contribution in [3.8, 4) is 0 Å². The van der Waals surface area contributed by atoms with Crippen LogP contribution in [0.3, 0.4) is 0 Å². The lowest BCUT2D eigenvalue weighted by molar-refractivity contribution is -0.368. The highest BCUT2D eigenvalue weighted by Crippen LogP contribution is 2.40. The third kappa shape index (κ3) is 2.77. The number of rotatable bonds is 4. The highest BCUT2D eigenvalue weighted by atomic mass is 79.9. The summed E-state index contributed by atoms with van der Waals surface area (Å²) < 4.78 is 11.2. The van der Waals surface area contributed by atoms with Gasteiger partial charge in [-0.05, 0) is 11.5 Å². The maximum Gasteiger partial charge on any atom is 0.284 e. The van der Waals surface area contributed by atoms with Gasteiger partial charge in [-0.25, -0.2) is 0 Å². The zero-order chi connectivity index (χ0) is 13.2. The van der Waals surface area contributed by atoms with E-state index in [-0.39, 0.29) is 17.9 Å². The van der Waals surface area contributed by atoms with Crippen molar-refractivity contribution in [2.75, 3.05) is 5.33 Å². The molecule has 18 heavy (non-hydrogen) atoms. The molecule has 1 saturated heterocycles.